The topological polar surface area (TPSA) is 108 Å². The van der Waals surface area contributed by atoms with Crippen molar-refractivity contribution < 1.29 is 0 Å². The van der Waals surface area contributed by atoms with E-state index in [-0.39, 0.29) is 6.04 Å². The van der Waals surface area contributed by atoms with E-state index in [0.29, 0.717) is 5.82 Å². The molecule has 0 amide bonds. The SMILES string of the molecule is CC[C@@H]1c2nnc(C)n2-c2cnc(-c3cnn(C)c3-c3nccs3)nc2N1c1ccn(C)n1. The van der Waals surface area contributed by atoms with E-state index in [1.807, 2.05) is 54.1 Å². The molecule has 5 aromatic heterocycles. The Morgan fingerprint density at radius 2 is 2.00 bits per heavy atom. The number of aromatic nitrogens is 10. The second-order valence-electron chi connectivity index (χ2n) is 7.85. The molecule has 5 aromatic rings. The number of rotatable bonds is 4. The van der Waals surface area contributed by atoms with Crippen LogP contribution in [0.4, 0.5) is 11.6 Å². The summed E-state index contributed by atoms with van der Waals surface area (Å²) in [4.78, 5) is 16.4. The van der Waals surface area contributed by atoms with Gasteiger partial charge in [-0.3, -0.25) is 18.8 Å². The minimum absolute atomic E-state index is 0.0660. The Bertz CT molecular complexity index is 1460. The molecular weight excluding hydrogens is 438 g/mol. The van der Waals surface area contributed by atoms with Gasteiger partial charge in [-0.1, -0.05) is 6.92 Å². The summed E-state index contributed by atoms with van der Waals surface area (Å²) in [5.74, 6) is 3.79. The first-order chi connectivity index (χ1) is 16.1. The lowest BCUT2D eigenvalue weighted by molar-refractivity contribution is 0.579. The summed E-state index contributed by atoms with van der Waals surface area (Å²) in [6.45, 7) is 4.07. The zero-order valence-electron chi connectivity index (χ0n) is 18.6. The van der Waals surface area contributed by atoms with Crippen LogP contribution in [0.25, 0.3) is 27.8 Å². The van der Waals surface area contributed by atoms with Gasteiger partial charge < -0.3 is 0 Å². The fourth-order valence-electron chi connectivity index (χ4n) is 4.35. The highest BCUT2D eigenvalue weighted by Crippen LogP contribution is 2.43. The maximum Gasteiger partial charge on any atom is 0.165 e. The average molecular weight is 460 g/mol. The van der Waals surface area contributed by atoms with Crippen molar-refractivity contribution in [3.8, 4) is 27.8 Å². The minimum atomic E-state index is -0.0660. The van der Waals surface area contributed by atoms with E-state index >= 15 is 0 Å². The monoisotopic (exact) mass is 459 g/mol. The lowest BCUT2D eigenvalue weighted by atomic mass is 10.1. The van der Waals surface area contributed by atoms with Crippen LogP contribution in [-0.2, 0) is 14.1 Å². The molecule has 12 heteroatoms. The molecule has 33 heavy (non-hydrogen) atoms. The summed E-state index contributed by atoms with van der Waals surface area (Å²) in [5.41, 5.74) is 2.54. The van der Waals surface area contributed by atoms with Crippen molar-refractivity contribution in [2.24, 2.45) is 14.1 Å². The quantitative estimate of drug-likeness (QED) is 0.403. The van der Waals surface area contributed by atoms with Crippen molar-refractivity contribution in [1.82, 2.24) is 49.3 Å². The summed E-state index contributed by atoms with van der Waals surface area (Å²) < 4.78 is 5.64. The first kappa shape index (κ1) is 19.7. The molecule has 0 aromatic carbocycles. The van der Waals surface area contributed by atoms with E-state index in [9.17, 15) is 0 Å². The summed E-state index contributed by atoms with van der Waals surface area (Å²) in [5, 5.41) is 20.8. The van der Waals surface area contributed by atoms with Gasteiger partial charge in [0, 0.05) is 37.9 Å². The van der Waals surface area contributed by atoms with Crippen LogP contribution in [0.15, 0.2) is 36.2 Å². The highest BCUT2D eigenvalue weighted by molar-refractivity contribution is 7.13. The van der Waals surface area contributed by atoms with E-state index < -0.39 is 0 Å². The number of nitrogens with zero attached hydrogens (tertiary/aromatic N) is 11. The molecule has 0 N–H and O–H groups in total. The third-order valence-corrected chi connectivity index (χ3v) is 6.61. The highest BCUT2D eigenvalue weighted by atomic mass is 32.1. The lowest BCUT2D eigenvalue weighted by Crippen LogP contribution is -2.33. The molecule has 0 bridgehead atoms. The molecule has 0 radical (unpaired) electrons. The van der Waals surface area contributed by atoms with Gasteiger partial charge >= 0.3 is 0 Å². The molecule has 11 nitrogen and oxygen atoms in total. The largest absolute Gasteiger partial charge is 0.297 e. The van der Waals surface area contributed by atoms with Crippen molar-refractivity contribution in [2.45, 2.75) is 26.3 Å². The summed E-state index contributed by atoms with van der Waals surface area (Å²) in [7, 11) is 3.81. The minimum Gasteiger partial charge on any atom is -0.297 e. The molecule has 166 valence electrons. The van der Waals surface area contributed by atoms with Gasteiger partial charge in [-0.25, -0.2) is 15.0 Å². The van der Waals surface area contributed by atoms with Gasteiger partial charge in [-0.2, -0.15) is 10.2 Å². The average Bonchev–Trinajstić information content (AvgIpc) is 3.60. The number of thiazole rings is 1. The molecule has 0 unspecified atom stereocenters. The van der Waals surface area contributed by atoms with Crippen LogP contribution < -0.4 is 4.90 Å². The zero-order valence-corrected chi connectivity index (χ0v) is 19.4. The molecule has 0 saturated carbocycles. The number of anilines is 2. The Labute approximate surface area is 193 Å². The van der Waals surface area contributed by atoms with E-state index in [1.165, 1.54) is 0 Å². The van der Waals surface area contributed by atoms with Crippen LogP contribution in [0.2, 0.25) is 0 Å². The second kappa shape index (κ2) is 7.30. The number of hydrogen-bond acceptors (Lipinski definition) is 9. The van der Waals surface area contributed by atoms with Gasteiger partial charge in [0.2, 0.25) is 0 Å². The Balaban J connectivity index is 1.59. The van der Waals surface area contributed by atoms with Crippen molar-refractivity contribution in [3.05, 3.63) is 47.9 Å². The molecule has 0 fully saturated rings. The Morgan fingerprint density at radius 1 is 1.12 bits per heavy atom. The molecule has 1 aliphatic rings. The molecule has 0 saturated heterocycles. The van der Waals surface area contributed by atoms with Crippen molar-refractivity contribution in [2.75, 3.05) is 4.90 Å². The predicted molar refractivity (Wildman–Crippen MR) is 123 cm³/mol. The van der Waals surface area contributed by atoms with Gasteiger partial charge in [0.15, 0.2) is 23.3 Å². The Morgan fingerprint density at radius 3 is 2.73 bits per heavy atom. The zero-order chi connectivity index (χ0) is 22.7. The molecule has 0 spiro atoms. The highest BCUT2D eigenvalue weighted by Gasteiger charge is 2.37. The van der Waals surface area contributed by atoms with Gasteiger partial charge in [-0.15, -0.1) is 21.5 Å². The lowest BCUT2D eigenvalue weighted by Gasteiger charge is -2.35. The number of fused-ring (bicyclic) bond motifs is 3. The first-order valence-electron chi connectivity index (χ1n) is 10.6. The number of hydrogen-bond donors (Lipinski definition) is 0. The smallest absolute Gasteiger partial charge is 0.165 e. The van der Waals surface area contributed by atoms with E-state index in [2.05, 4.69) is 37.2 Å². The summed E-state index contributed by atoms with van der Waals surface area (Å²) in [6, 6.07) is 1.92. The third kappa shape index (κ3) is 2.90. The normalized spacial score (nSPS) is 15.0. The van der Waals surface area contributed by atoms with E-state index in [0.717, 1.165) is 51.7 Å². The van der Waals surface area contributed by atoms with Crippen LogP contribution in [0.3, 0.4) is 0 Å². The third-order valence-electron chi connectivity index (χ3n) is 5.83. The van der Waals surface area contributed by atoms with Crippen LogP contribution in [0, 0.1) is 6.92 Å². The molecular formula is C21H21N11S. The van der Waals surface area contributed by atoms with E-state index in [1.54, 1.807) is 28.4 Å². The van der Waals surface area contributed by atoms with Crippen LogP contribution in [-0.4, -0.2) is 49.3 Å². The van der Waals surface area contributed by atoms with Crippen LogP contribution in [0.1, 0.15) is 31.0 Å². The van der Waals surface area contributed by atoms with Crippen molar-refractivity contribution >= 4 is 23.0 Å². The van der Waals surface area contributed by atoms with Crippen LogP contribution >= 0.6 is 11.3 Å². The first-order valence-corrected chi connectivity index (χ1v) is 11.4. The van der Waals surface area contributed by atoms with Gasteiger partial charge in [0.05, 0.1) is 24.0 Å². The van der Waals surface area contributed by atoms with Gasteiger partial charge in [0.1, 0.15) is 22.2 Å². The molecule has 1 aliphatic heterocycles. The molecule has 1 atom stereocenters. The molecule has 0 aliphatic carbocycles. The summed E-state index contributed by atoms with van der Waals surface area (Å²) >= 11 is 1.56. The Hall–Kier alpha value is -3.93. The molecule has 6 heterocycles. The van der Waals surface area contributed by atoms with Crippen molar-refractivity contribution in [3.63, 3.8) is 0 Å². The standard InChI is InChI=1S/C21H21N11S/c1-5-14-20-27-26-12(2)31(20)15-11-23-18(25-19(15)32(14)16-6-8-29(3)28-16)13-10-24-30(4)17(13)21-22-7-9-33-21/h6-11,14H,5H2,1-4H3/t14-/m1/s1. The van der Waals surface area contributed by atoms with Crippen molar-refractivity contribution in [1.29, 1.82) is 0 Å². The Kier molecular flexibility index (Phi) is 4.37. The van der Waals surface area contributed by atoms with Gasteiger partial charge in [0.25, 0.3) is 0 Å². The fourth-order valence-corrected chi connectivity index (χ4v) is 5.07. The maximum atomic E-state index is 5.06. The van der Waals surface area contributed by atoms with Gasteiger partial charge in [-0.05, 0) is 13.3 Å². The maximum absolute atomic E-state index is 5.06. The second-order valence-corrected chi connectivity index (χ2v) is 8.75. The molecule has 6 rings (SSSR count). The fraction of sp³-hybridized carbons (Fsp3) is 0.286. The van der Waals surface area contributed by atoms with E-state index in [4.69, 9.17) is 9.97 Å². The summed E-state index contributed by atoms with van der Waals surface area (Å²) in [6.07, 6.45) is 8.15. The predicted octanol–water partition coefficient (Wildman–Crippen LogP) is 3.23. The number of aryl methyl sites for hydroxylation is 3. The van der Waals surface area contributed by atoms with Crippen LogP contribution in [0.5, 0.6) is 0 Å².